The van der Waals surface area contributed by atoms with Crippen LogP contribution in [0.4, 0.5) is 0 Å². The van der Waals surface area contributed by atoms with Crippen LogP contribution in [0.15, 0.2) is 24.3 Å². The van der Waals surface area contributed by atoms with Gasteiger partial charge in [-0.25, -0.2) is 4.98 Å². The molecule has 0 bridgehead atoms. The van der Waals surface area contributed by atoms with Crippen LogP contribution in [0.25, 0.3) is 10.6 Å². The fraction of sp³-hybridized carbons (Fsp3) is 0.333. The van der Waals surface area contributed by atoms with Crippen molar-refractivity contribution >= 4 is 17.3 Å². The lowest BCUT2D eigenvalue weighted by Crippen LogP contribution is -2.21. The van der Waals surface area contributed by atoms with Crippen molar-refractivity contribution in [1.29, 1.82) is 0 Å². The first kappa shape index (κ1) is 12.4. The van der Waals surface area contributed by atoms with Crippen molar-refractivity contribution in [2.75, 3.05) is 0 Å². The second-order valence-corrected chi connectivity index (χ2v) is 6.12. The largest absolute Gasteiger partial charge is 0.481 e. The highest BCUT2D eigenvalue weighted by Gasteiger charge is 2.27. The summed E-state index contributed by atoms with van der Waals surface area (Å²) in [5, 5.41) is 10.1. The standard InChI is InChI=1S/C15H15NO2S/c1-9-2-4-10(5-3-9)14-16-12-7-6-11(15(17)18)8-13(12)19-14/h2-5,11H,6-8H2,1H3,(H,17,18). The van der Waals surface area contributed by atoms with Gasteiger partial charge in [0.05, 0.1) is 11.6 Å². The van der Waals surface area contributed by atoms with Gasteiger partial charge in [-0.15, -0.1) is 11.3 Å². The number of hydrogen-bond acceptors (Lipinski definition) is 3. The zero-order valence-electron chi connectivity index (χ0n) is 10.7. The zero-order chi connectivity index (χ0) is 13.4. The third-order valence-electron chi connectivity index (χ3n) is 3.59. The Hall–Kier alpha value is -1.68. The monoisotopic (exact) mass is 273 g/mol. The predicted molar refractivity (Wildman–Crippen MR) is 75.4 cm³/mol. The van der Waals surface area contributed by atoms with E-state index in [0.717, 1.165) is 27.6 Å². The maximum Gasteiger partial charge on any atom is 0.306 e. The maximum atomic E-state index is 11.1. The molecule has 1 unspecified atom stereocenters. The van der Waals surface area contributed by atoms with Gasteiger partial charge in [-0.3, -0.25) is 4.79 Å². The summed E-state index contributed by atoms with van der Waals surface area (Å²) < 4.78 is 0. The van der Waals surface area contributed by atoms with Crippen molar-refractivity contribution in [2.24, 2.45) is 5.92 Å². The van der Waals surface area contributed by atoms with Gasteiger partial charge in [-0.05, 0) is 26.2 Å². The number of carboxylic acid groups (broad SMARTS) is 1. The summed E-state index contributed by atoms with van der Waals surface area (Å²) in [6.45, 7) is 2.06. The molecule has 1 aromatic carbocycles. The summed E-state index contributed by atoms with van der Waals surface area (Å²) >= 11 is 1.64. The van der Waals surface area contributed by atoms with E-state index in [-0.39, 0.29) is 5.92 Å². The van der Waals surface area contributed by atoms with Gasteiger partial charge >= 0.3 is 5.97 Å². The zero-order valence-corrected chi connectivity index (χ0v) is 11.5. The van der Waals surface area contributed by atoms with Gasteiger partial charge in [0.1, 0.15) is 5.01 Å². The maximum absolute atomic E-state index is 11.1. The number of carboxylic acids is 1. The Morgan fingerprint density at radius 1 is 1.37 bits per heavy atom. The van der Waals surface area contributed by atoms with Crippen molar-refractivity contribution in [1.82, 2.24) is 4.98 Å². The van der Waals surface area contributed by atoms with Crippen LogP contribution in [0.2, 0.25) is 0 Å². The first-order valence-corrected chi connectivity index (χ1v) is 7.23. The van der Waals surface area contributed by atoms with Gasteiger partial charge < -0.3 is 5.11 Å². The molecule has 3 nitrogen and oxygen atoms in total. The van der Waals surface area contributed by atoms with E-state index in [1.807, 2.05) is 0 Å². The van der Waals surface area contributed by atoms with E-state index < -0.39 is 5.97 Å². The molecule has 0 spiro atoms. The van der Waals surface area contributed by atoms with Crippen molar-refractivity contribution in [3.8, 4) is 10.6 Å². The summed E-state index contributed by atoms with van der Waals surface area (Å²) in [4.78, 5) is 16.9. The van der Waals surface area contributed by atoms with Crippen LogP contribution in [-0.4, -0.2) is 16.1 Å². The number of aryl methyl sites for hydroxylation is 2. The molecule has 1 aromatic heterocycles. The fourth-order valence-corrected chi connectivity index (χ4v) is 3.60. The van der Waals surface area contributed by atoms with Gasteiger partial charge in [-0.1, -0.05) is 29.8 Å². The number of hydrogen-bond donors (Lipinski definition) is 1. The average Bonchev–Trinajstić information content (AvgIpc) is 2.82. The molecule has 1 aliphatic carbocycles. The molecule has 0 radical (unpaired) electrons. The highest BCUT2D eigenvalue weighted by Crippen LogP contribution is 2.34. The lowest BCUT2D eigenvalue weighted by Gasteiger charge is -2.16. The molecule has 0 aliphatic heterocycles. The van der Waals surface area contributed by atoms with Crippen LogP contribution in [0.3, 0.4) is 0 Å². The topological polar surface area (TPSA) is 50.2 Å². The van der Waals surface area contributed by atoms with Crippen LogP contribution in [-0.2, 0) is 17.6 Å². The summed E-state index contributed by atoms with van der Waals surface area (Å²) in [7, 11) is 0. The highest BCUT2D eigenvalue weighted by molar-refractivity contribution is 7.15. The third kappa shape index (κ3) is 2.40. The Bertz CT molecular complexity index is 616. The Morgan fingerprint density at radius 2 is 2.11 bits per heavy atom. The number of nitrogens with zero attached hydrogens (tertiary/aromatic N) is 1. The number of fused-ring (bicyclic) bond motifs is 1. The molecule has 2 aromatic rings. The number of rotatable bonds is 2. The number of aliphatic carboxylic acids is 1. The van der Waals surface area contributed by atoms with E-state index in [2.05, 4.69) is 36.2 Å². The summed E-state index contributed by atoms with van der Waals surface area (Å²) in [5.41, 5.74) is 3.45. The molecular formula is C15H15NO2S. The van der Waals surface area contributed by atoms with E-state index in [4.69, 9.17) is 5.11 Å². The van der Waals surface area contributed by atoms with Gasteiger partial charge in [-0.2, -0.15) is 0 Å². The second-order valence-electron chi connectivity index (χ2n) is 5.03. The van der Waals surface area contributed by atoms with Crippen LogP contribution < -0.4 is 0 Å². The molecule has 1 atom stereocenters. The van der Waals surface area contributed by atoms with Crippen molar-refractivity contribution in [2.45, 2.75) is 26.2 Å². The molecule has 1 aliphatic rings. The Morgan fingerprint density at radius 3 is 2.79 bits per heavy atom. The molecule has 19 heavy (non-hydrogen) atoms. The first-order valence-electron chi connectivity index (χ1n) is 6.42. The molecule has 3 rings (SSSR count). The molecule has 0 amide bonds. The van der Waals surface area contributed by atoms with E-state index >= 15 is 0 Å². The van der Waals surface area contributed by atoms with E-state index in [9.17, 15) is 4.79 Å². The normalized spacial score (nSPS) is 18.1. The minimum atomic E-state index is -0.684. The first-order chi connectivity index (χ1) is 9.13. The summed E-state index contributed by atoms with van der Waals surface area (Å²) in [6.07, 6.45) is 2.13. The molecule has 98 valence electrons. The lowest BCUT2D eigenvalue weighted by molar-refractivity contribution is -0.142. The smallest absolute Gasteiger partial charge is 0.306 e. The third-order valence-corrected chi connectivity index (χ3v) is 4.76. The molecule has 1 heterocycles. The quantitative estimate of drug-likeness (QED) is 0.913. The summed E-state index contributed by atoms with van der Waals surface area (Å²) in [5.74, 6) is -0.922. The molecule has 0 saturated carbocycles. The van der Waals surface area contributed by atoms with E-state index in [1.54, 1.807) is 11.3 Å². The second kappa shape index (κ2) is 4.78. The molecule has 4 heteroatoms. The summed E-state index contributed by atoms with van der Waals surface area (Å²) in [6, 6.07) is 8.31. The SMILES string of the molecule is Cc1ccc(-c2nc3c(s2)CC(C(=O)O)CC3)cc1. The lowest BCUT2D eigenvalue weighted by atomic mass is 9.91. The minimum Gasteiger partial charge on any atom is -0.481 e. The molecule has 0 fully saturated rings. The predicted octanol–water partition coefficient (Wildman–Crippen LogP) is 3.31. The molecular weight excluding hydrogens is 258 g/mol. The van der Waals surface area contributed by atoms with Crippen molar-refractivity contribution < 1.29 is 9.90 Å². The molecule has 0 saturated heterocycles. The van der Waals surface area contributed by atoms with Crippen molar-refractivity contribution in [3.05, 3.63) is 40.4 Å². The van der Waals surface area contributed by atoms with E-state index in [0.29, 0.717) is 12.8 Å². The van der Waals surface area contributed by atoms with Crippen molar-refractivity contribution in [3.63, 3.8) is 0 Å². The minimum absolute atomic E-state index is 0.237. The number of thiazole rings is 1. The fourth-order valence-electron chi connectivity index (χ4n) is 2.41. The average molecular weight is 273 g/mol. The Labute approximate surface area is 115 Å². The van der Waals surface area contributed by atoms with Gasteiger partial charge in [0.25, 0.3) is 0 Å². The van der Waals surface area contributed by atoms with Crippen LogP contribution in [0, 0.1) is 12.8 Å². The Balaban J connectivity index is 1.91. The number of aromatic nitrogens is 1. The van der Waals surface area contributed by atoms with Crippen LogP contribution in [0.5, 0.6) is 0 Å². The molecule has 1 N–H and O–H groups in total. The Kier molecular flexibility index (Phi) is 3.11. The van der Waals surface area contributed by atoms with Crippen LogP contribution in [0.1, 0.15) is 22.6 Å². The van der Waals surface area contributed by atoms with Gasteiger partial charge in [0, 0.05) is 10.4 Å². The van der Waals surface area contributed by atoms with Crippen LogP contribution >= 0.6 is 11.3 Å². The van der Waals surface area contributed by atoms with Gasteiger partial charge in [0.15, 0.2) is 0 Å². The number of carbonyl (C=O) groups is 1. The highest BCUT2D eigenvalue weighted by atomic mass is 32.1. The van der Waals surface area contributed by atoms with E-state index in [1.165, 1.54) is 5.56 Å². The number of benzene rings is 1. The van der Waals surface area contributed by atoms with Gasteiger partial charge in [0.2, 0.25) is 0 Å².